The molecule has 6 nitrogen and oxygen atoms in total. The van der Waals surface area contributed by atoms with E-state index in [1.807, 2.05) is 24.3 Å². The Kier molecular flexibility index (Phi) is 8.01. The Morgan fingerprint density at radius 3 is 2.96 bits per heavy atom. The molecule has 0 aliphatic carbocycles. The summed E-state index contributed by atoms with van der Waals surface area (Å²) in [5.41, 5.74) is 0.968. The van der Waals surface area contributed by atoms with Gasteiger partial charge in [0.2, 0.25) is 0 Å². The van der Waals surface area contributed by atoms with Crippen molar-refractivity contribution in [3.8, 4) is 5.75 Å². The number of hydrogen-bond acceptors (Lipinski definition) is 4. The number of hydrogen-bond donors (Lipinski definition) is 2. The molecule has 1 aromatic rings. The van der Waals surface area contributed by atoms with E-state index in [9.17, 15) is 4.79 Å². The van der Waals surface area contributed by atoms with Crippen molar-refractivity contribution >= 4 is 6.03 Å². The number of para-hydroxylation sites is 1. The van der Waals surface area contributed by atoms with Crippen LogP contribution in [0.1, 0.15) is 24.8 Å². The number of nitrogens with one attached hydrogen (secondary N) is 1. The first-order valence-electron chi connectivity index (χ1n) is 9.08. The number of piperidine rings is 1. The number of rotatable bonds is 8. The predicted octanol–water partition coefficient (Wildman–Crippen LogP) is 1.93. The molecule has 0 bridgehead atoms. The Morgan fingerprint density at radius 2 is 2.24 bits per heavy atom. The van der Waals surface area contributed by atoms with Crippen molar-refractivity contribution in [2.24, 2.45) is 5.92 Å². The number of methoxy groups -OCH3 is 1. The van der Waals surface area contributed by atoms with E-state index in [0.29, 0.717) is 32.0 Å². The highest BCUT2D eigenvalue weighted by Crippen LogP contribution is 2.20. The number of ether oxygens (including phenoxy) is 1. The van der Waals surface area contributed by atoms with E-state index in [1.165, 1.54) is 6.42 Å². The van der Waals surface area contributed by atoms with Gasteiger partial charge in [0, 0.05) is 31.8 Å². The quantitative estimate of drug-likeness (QED) is 0.753. The SMILES string of the molecule is COc1ccccc1CN(CCCO)C(=O)NC[C@@H]1CCCN(C)C1. The summed E-state index contributed by atoms with van der Waals surface area (Å²) in [4.78, 5) is 16.7. The van der Waals surface area contributed by atoms with Crippen molar-refractivity contribution in [3.05, 3.63) is 29.8 Å². The van der Waals surface area contributed by atoms with E-state index in [-0.39, 0.29) is 12.6 Å². The highest BCUT2D eigenvalue weighted by molar-refractivity contribution is 5.74. The average Bonchev–Trinajstić information content (AvgIpc) is 2.63. The minimum absolute atomic E-state index is 0.0725. The summed E-state index contributed by atoms with van der Waals surface area (Å²) in [5, 5.41) is 12.2. The maximum absolute atomic E-state index is 12.7. The van der Waals surface area contributed by atoms with Crippen molar-refractivity contribution in [2.75, 3.05) is 46.9 Å². The van der Waals surface area contributed by atoms with Crippen molar-refractivity contribution in [1.29, 1.82) is 0 Å². The normalized spacial score (nSPS) is 18.0. The molecule has 0 radical (unpaired) electrons. The molecular formula is C19H31N3O3. The summed E-state index contributed by atoms with van der Waals surface area (Å²) < 4.78 is 5.38. The molecule has 2 amide bonds. The van der Waals surface area contributed by atoms with E-state index >= 15 is 0 Å². The number of carbonyl (C=O) groups excluding carboxylic acids is 1. The molecule has 1 heterocycles. The number of nitrogens with zero attached hydrogens (tertiary/aromatic N) is 2. The van der Waals surface area contributed by atoms with Crippen LogP contribution in [0.2, 0.25) is 0 Å². The van der Waals surface area contributed by atoms with Crippen LogP contribution in [0.5, 0.6) is 5.75 Å². The van der Waals surface area contributed by atoms with Gasteiger partial charge in [-0.15, -0.1) is 0 Å². The Bertz CT molecular complexity index is 538. The molecule has 0 spiro atoms. The van der Waals surface area contributed by atoms with Crippen molar-refractivity contribution in [1.82, 2.24) is 15.1 Å². The molecule has 0 unspecified atom stereocenters. The molecule has 0 aromatic heterocycles. The largest absolute Gasteiger partial charge is 0.496 e. The number of amides is 2. The lowest BCUT2D eigenvalue weighted by atomic mass is 9.99. The van der Waals surface area contributed by atoms with Gasteiger partial charge in [0.1, 0.15) is 5.75 Å². The number of urea groups is 1. The second kappa shape index (κ2) is 10.3. The third kappa shape index (κ3) is 6.21. The second-order valence-electron chi connectivity index (χ2n) is 6.77. The lowest BCUT2D eigenvalue weighted by Crippen LogP contribution is -2.44. The maximum atomic E-state index is 12.7. The molecule has 140 valence electrons. The zero-order valence-electron chi connectivity index (χ0n) is 15.4. The van der Waals surface area contributed by atoms with E-state index in [2.05, 4.69) is 17.3 Å². The maximum Gasteiger partial charge on any atom is 0.317 e. The molecule has 1 aliphatic heterocycles. The third-order valence-electron chi connectivity index (χ3n) is 4.69. The van der Waals surface area contributed by atoms with Gasteiger partial charge >= 0.3 is 6.03 Å². The Hall–Kier alpha value is -1.79. The molecule has 1 aliphatic rings. The van der Waals surface area contributed by atoms with Gasteiger partial charge in [-0.3, -0.25) is 0 Å². The number of aliphatic hydroxyl groups excluding tert-OH is 1. The first kappa shape index (κ1) is 19.5. The fourth-order valence-electron chi connectivity index (χ4n) is 3.34. The van der Waals surface area contributed by atoms with Crippen molar-refractivity contribution in [3.63, 3.8) is 0 Å². The summed E-state index contributed by atoms with van der Waals surface area (Å²) in [7, 11) is 3.76. The summed E-state index contributed by atoms with van der Waals surface area (Å²) >= 11 is 0. The molecule has 1 aromatic carbocycles. The minimum Gasteiger partial charge on any atom is -0.496 e. The molecule has 1 saturated heterocycles. The van der Waals surface area contributed by atoms with Crippen LogP contribution in [0.3, 0.4) is 0 Å². The number of aliphatic hydroxyl groups is 1. The number of benzene rings is 1. The molecule has 1 fully saturated rings. The fourth-order valence-corrected chi connectivity index (χ4v) is 3.34. The van der Waals surface area contributed by atoms with Gasteiger partial charge in [0.05, 0.1) is 13.7 Å². The molecule has 6 heteroatoms. The van der Waals surface area contributed by atoms with Crippen LogP contribution in [0, 0.1) is 5.92 Å². The fraction of sp³-hybridized carbons (Fsp3) is 0.632. The lowest BCUT2D eigenvalue weighted by Gasteiger charge is -2.31. The zero-order valence-corrected chi connectivity index (χ0v) is 15.4. The Labute approximate surface area is 150 Å². The van der Waals surface area contributed by atoms with Crippen LogP contribution in [0.25, 0.3) is 0 Å². The molecule has 2 N–H and O–H groups in total. The number of carbonyl (C=O) groups is 1. The van der Waals surface area contributed by atoms with Crippen LogP contribution < -0.4 is 10.1 Å². The number of likely N-dealkylation sites (tertiary alicyclic amines) is 1. The van der Waals surface area contributed by atoms with Gasteiger partial charge in [-0.25, -0.2) is 4.79 Å². The third-order valence-corrected chi connectivity index (χ3v) is 4.69. The Morgan fingerprint density at radius 1 is 1.44 bits per heavy atom. The zero-order chi connectivity index (χ0) is 18.1. The summed E-state index contributed by atoms with van der Waals surface area (Å²) in [6, 6.07) is 7.65. The lowest BCUT2D eigenvalue weighted by molar-refractivity contribution is 0.175. The van der Waals surface area contributed by atoms with Crippen LogP contribution in [-0.2, 0) is 6.54 Å². The molecular weight excluding hydrogens is 318 g/mol. The molecule has 25 heavy (non-hydrogen) atoms. The first-order chi connectivity index (χ1) is 12.1. The second-order valence-corrected chi connectivity index (χ2v) is 6.77. The van der Waals surface area contributed by atoms with E-state index in [0.717, 1.165) is 30.8 Å². The highest BCUT2D eigenvalue weighted by atomic mass is 16.5. The average molecular weight is 349 g/mol. The van der Waals surface area contributed by atoms with Crippen LogP contribution in [0.4, 0.5) is 4.79 Å². The van der Waals surface area contributed by atoms with Crippen LogP contribution in [0.15, 0.2) is 24.3 Å². The smallest absolute Gasteiger partial charge is 0.317 e. The molecule has 1 atom stereocenters. The van der Waals surface area contributed by atoms with Gasteiger partial charge < -0.3 is 25.0 Å². The van der Waals surface area contributed by atoms with Gasteiger partial charge in [0.15, 0.2) is 0 Å². The monoisotopic (exact) mass is 349 g/mol. The molecule has 0 saturated carbocycles. The Balaban J connectivity index is 1.94. The van der Waals surface area contributed by atoms with E-state index in [4.69, 9.17) is 9.84 Å². The predicted molar refractivity (Wildman–Crippen MR) is 98.7 cm³/mol. The standard InChI is InChI=1S/C19H31N3O3/c1-21-10-5-7-16(14-21)13-20-19(24)22(11-6-12-23)15-17-8-3-4-9-18(17)25-2/h3-4,8-9,16,23H,5-7,10-15H2,1-2H3,(H,20,24)/t16-/m0/s1. The minimum atomic E-state index is -0.0763. The van der Waals surface area contributed by atoms with Gasteiger partial charge in [0.25, 0.3) is 0 Å². The van der Waals surface area contributed by atoms with Gasteiger partial charge in [-0.1, -0.05) is 18.2 Å². The van der Waals surface area contributed by atoms with Crippen molar-refractivity contribution in [2.45, 2.75) is 25.8 Å². The summed E-state index contributed by atoms with van der Waals surface area (Å²) in [6.07, 6.45) is 2.91. The van der Waals surface area contributed by atoms with Gasteiger partial charge in [-0.2, -0.15) is 0 Å². The van der Waals surface area contributed by atoms with E-state index < -0.39 is 0 Å². The summed E-state index contributed by atoms with van der Waals surface area (Å²) in [5.74, 6) is 1.28. The summed E-state index contributed by atoms with van der Waals surface area (Å²) in [6.45, 7) is 3.93. The highest BCUT2D eigenvalue weighted by Gasteiger charge is 2.20. The van der Waals surface area contributed by atoms with Crippen molar-refractivity contribution < 1.29 is 14.6 Å². The topological polar surface area (TPSA) is 65.0 Å². The first-order valence-corrected chi connectivity index (χ1v) is 9.08. The van der Waals surface area contributed by atoms with Crippen LogP contribution >= 0.6 is 0 Å². The van der Waals surface area contributed by atoms with E-state index in [1.54, 1.807) is 12.0 Å². The van der Waals surface area contributed by atoms with Crippen LogP contribution in [-0.4, -0.2) is 67.9 Å². The van der Waals surface area contributed by atoms with Gasteiger partial charge in [-0.05, 0) is 44.8 Å². The molecule has 2 rings (SSSR count).